The van der Waals surface area contributed by atoms with Crippen LogP contribution in [0.1, 0.15) is 18.9 Å². The monoisotopic (exact) mass is 267 g/mol. The number of nitrogens with zero attached hydrogens (tertiary/aromatic N) is 3. The molecule has 0 amide bonds. The molecule has 0 saturated carbocycles. The highest BCUT2D eigenvalue weighted by molar-refractivity contribution is 6.30. The van der Waals surface area contributed by atoms with Crippen molar-refractivity contribution in [2.75, 3.05) is 18.5 Å². The lowest BCUT2D eigenvalue weighted by molar-refractivity contribution is -0.132. The van der Waals surface area contributed by atoms with Crippen molar-refractivity contribution in [2.45, 2.75) is 25.9 Å². The summed E-state index contributed by atoms with van der Waals surface area (Å²) in [5.41, 5.74) is 0.666. The van der Waals surface area contributed by atoms with Gasteiger partial charge in [0.25, 0.3) is 0 Å². The van der Waals surface area contributed by atoms with Gasteiger partial charge in [-0.05, 0) is 6.42 Å². The van der Waals surface area contributed by atoms with Crippen LogP contribution in [0.25, 0.3) is 0 Å². The van der Waals surface area contributed by atoms with Crippen molar-refractivity contribution >= 4 is 17.4 Å². The number of rotatable bonds is 4. The molecule has 0 saturated heterocycles. The van der Waals surface area contributed by atoms with Gasteiger partial charge in [0, 0.05) is 19.2 Å². The predicted molar refractivity (Wildman–Crippen MR) is 60.4 cm³/mol. The largest absolute Gasteiger partial charge is 0.390 e. The summed E-state index contributed by atoms with van der Waals surface area (Å²) in [5.74, 6) is 0.455. The molecule has 96 valence electrons. The van der Waals surface area contributed by atoms with Gasteiger partial charge < -0.3 is 4.90 Å². The highest BCUT2D eigenvalue weighted by Crippen LogP contribution is 2.25. The van der Waals surface area contributed by atoms with Crippen LogP contribution in [0.4, 0.5) is 19.0 Å². The summed E-state index contributed by atoms with van der Waals surface area (Å²) in [7, 11) is 1.56. The molecule has 0 fully saturated rings. The summed E-state index contributed by atoms with van der Waals surface area (Å²) in [6, 6.07) is 0. The van der Waals surface area contributed by atoms with E-state index in [2.05, 4.69) is 9.97 Å². The Kier molecular flexibility index (Phi) is 4.56. The van der Waals surface area contributed by atoms with Crippen LogP contribution in [0.5, 0.6) is 0 Å². The van der Waals surface area contributed by atoms with Crippen LogP contribution in [0.2, 0.25) is 5.15 Å². The molecular weight excluding hydrogens is 255 g/mol. The van der Waals surface area contributed by atoms with Crippen LogP contribution >= 0.6 is 11.6 Å². The van der Waals surface area contributed by atoms with Crippen LogP contribution in [-0.4, -0.2) is 29.7 Å². The minimum atomic E-state index is -4.17. The molecule has 0 N–H and O–H groups in total. The Hall–Kier alpha value is -1.04. The Labute approximate surface area is 103 Å². The molecule has 0 aliphatic heterocycles. The van der Waals surface area contributed by atoms with Crippen LogP contribution in [0, 0.1) is 0 Å². The molecule has 1 heterocycles. The van der Waals surface area contributed by atoms with Crippen molar-refractivity contribution < 1.29 is 13.2 Å². The molecule has 0 atom stereocenters. The van der Waals surface area contributed by atoms with Crippen molar-refractivity contribution in [1.29, 1.82) is 0 Å². The summed E-state index contributed by atoms with van der Waals surface area (Å²) in [5, 5.41) is 0.288. The van der Waals surface area contributed by atoms with E-state index in [4.69, 9.17) is 11.6 Å². The van der Waals surface area contributed by atoms with Gasteiger partial charge >= 0.3 is 6.18 Å². The summed E-state index contributed by atoms with van der Waals surface area (Å²) in [4.78, 5) is 9.23. The van der Waals surface area contributed by atoms with Crippen molar-refractivity contribution in [3.05, 3.63) is 17.0 Å². The number of aromatic nitrogens is 2. The fourth-order valence-electron chi connectivity index (χ4n) is 1.42. The van der Waals surface area contributed by atoms with Crippen LogP contribution in [-0.2, 0) is 6.42 Å². The van der Waals surface area contributed by atoms with E-state index in [0.717, 1.165) is 0 Å². The Morgan fingerprint density at radius 2 is 2.00 bits per heavy atom. The lowest BCUT2D eigenvalue weighted by Gasteiger charge is -2.21. The van der Waals surface area contributed by atoms with Crippen LogP contribution < -0.4 is 4.90 Å². The van der Waals surface area contributed by atoms with Gasteiger partial charge in [0.2, 0.25) is 0 Å². The maximum atomic E-state index is 12.1. The maximum Gasteiger partial charge on any atom is 0.390 e. The van der Waals surface area contributed by atoms with E-state index in [-0.39, 0.29) is 11.7 Å². The smallest absolute Gasteiger partial charge is 0.359 e. The van der Waals surface area contributed by atoms with Crippen molar-refractivity contribution in [3.8, 4) is 0 Å². The maximum absolute atomic E-state index is 12.1. The van der Waals surface area contributed by atoms with E-state index in [1.807, 2.05) is 6.92 Å². The minimum absolute atomic E-state index is 0.149. The van der Waals surface area contributed by atoms with Gasteiger partial charge in [0.1, 0.15) is 17.3 Å². The van der Waals surface area contributed by atoms with E-state index >= 15 is 0 Å². The zero-order valence-electron chi connectivity index (χ0n) is 9.55. The first-order valence-corrected chi connectivity index (χ1v) is 5.50. The number of halogens is 4. The fourth-order valence-corrected chi connectivity index (χ4v) is 1.68. The summed E-state index contributed by atoms with van der Waals surface area (Å²) in [6.45, 7) is 1.70. The molecule has 0 aliphatic carbocycles. The van der Waals surface area contributed by atoms with E-state index < -0.39 is 12.6 Å². The number of alkyl halides is 3. The molecule has 0 aromatic carbocycles. The molecule has 0 unspecified atom stereocenters. The lowest BCUT2D eigenvalue weighted by atomic mass is 10.2. The summed E-state index contributed by atoms with van der Waals surface area (Å²) < 4.78 is 36.3. The standard InChI is InChI=1S/C10H13ClF3N3/c1-3-7-8(11)15-6-16-9(7)17(2)5-4-10(12,13)14/h6H,3-5H2,1-2H3. The van der Waals surface area contributed by atoms with Gasteiger partial charge in [0.15, 0.2) is 0 Å². The van der Waals surface area contributed by atoms with E-state index in [9.17, 15) is 13.2 Å². The molecule has 1 rings (SSSR count). The quantitative estimate of drug-likeness (QED) is 0.785. The van der Waals surface area contributed by atoms with E-state index in [1.54, 1.807) is 7.05 Å². The van der Waals surface area contributed by atoms with Crippen LogP contribution in [0.15, 0.2) is 6.33 Å². The van der Waals surface area contributed by atoms with Crippen molar-refractivity contribution in [3.63, 3.8) is 0 Å². The summed E-state index contributed by atoms with van der Waals surface area (Å²) in [6.07, 6.45) is -3.22. The normalized spacial score (nSPS) is 11.6. The minimum Gasteiger partial charge on any atom is -0.359 e. The van der Waals surface area contributed by atoms with E-state index in [1.165, 1.54) is 11.2 Å². The van der Waals surface area contributed by atoms with Gasteiger partial charge in [0.05, 0.1) is 6.42 Å². The molecule has 0 spiro atoms. The SMILES string of the molecule is CCc1c(Cl)ncnc1N(C)CCC(F)(F)F. The van der Waals surface area contributed by atoms with Gasteiger partial charge in [-0.15, -0.1) is 0 Å². The molecule has 7 heteroatoms. The van der Waals surface area contributed by atoms with E-state index in [0.29, 0.717) is 17.8 Å². The Morgan fingerprint density at radius 1 is 1.35 bits per heavy atom. The third kappa shape index (κ3) is 4.03. The number of hydrogen-bond donors (Lipinski definition) is 0. The first-order valence-electron chi connectivity index (χ1n) is 5.12. The highest BCUT2D eigenvalue weighted by atomic mass is 35.5. The predicted octanol–water partition coefficient (Wildman–Crippen LogP) is 3.08. The second-order valence-electron chi connectivity index (χ2n) is 3.61. The highest BCUT2D eigenvalue weighted by Gasteiger charge is 2.27. The number of anilines is 1. The molecule has 1 aromatic rings. The molecule has 3 nitrogen and oxygen atoms in total. The Morgan fingerprint density at radius 3 is 2.53 bits per heavy atom. The molecular formula is C10H13ClF3N3. The van der Waals surface area contributed by atoms with Crippen molar-refractivity contribution in [2.24, 2.45) is 0 Å². The zero-order chi connectivity index (χ0) is 13.1. The topological polar surface area (TPSA) is 29.0 Å². The summed E-state index contributed by atoms with van der Waals surface area (Å²) >= 11 is 5.86. The first kappa shape index (κ1) is 14.0. The molecule has 0 bridgehead atoms. The van der Waals surface area contributed by atoms with Crippen LogP contribution in [0.3, 0.4) is 0 Å². The molecule has 1 aromatic heterocycles. The van der Waals surface area contributed by atoms with Gasteiger partial charge in [-0.3, -0.25) is 0 Å². The second kappa shape index (κ2) is 5.53. The molecule has 17 heavy (non-hydrogen) atoms. The molecule has 0 aliphatic rings. The third-order valence-electron chi connectivity index (χ3n) is 2.32. The van der Waals surface area contributed by atoms with Gasteiger partial charge in [-0.2, -0.15) is 13.2 Å². The Bertz CT molecular complexity index is 382. The van der Waals surface area contributed by atoms with Crippen molar-refractivity contribution in [1.82, 2.24) is 9.97 Å². The molecule has 0 radical (unpaired) electrons. The first-order chi connectivity index (χ1) is 7.85. The average Bonchev–Trinajstić information content (AvgIpc) is 2.24. The number of hydrogen-bond acceptors (Lipinski definition) is 3. The van der Waals surface area contributed by atoms with Gasteiger partial charge in [-0.1, -0.05) is 18.5 Å². The fraction of sp³-hybridized carbons (Fsp3) is 0.600. The Balaban J connectivity index is 2.82. The van der Waals surface area contributed by atoms with Gasteiger partial charge in [-0.25, -0.2) is 9.97 Å². The second-order valence-corrected chi connectivity index (χ2v) is 3.96. The zero-order valence-corrected chi connectivity index (χ0v) is 10.3. The third-order valence-corrected chi connectivity index (χ3v) is 2.64. The lowest BCUT2D eigenvalue weighted by Crippen LogP contribution is -2.26. The average molecular weight is 268 g/mol.